The van der Waals surface area contributed by atoms with Crippen LogP contribution in [0.15, 0.2) is 62.9 Å². The standard InChI is InChI=1S/C21H22N2O6S/c1-26-11-5-10-22-20-21(23-19(29-20)15-6-3-2-4-7-15)30(24,25)16-8-9-17-18(14-16)28-13-12-27-17/h2-4,6-9,14,22H,5,10-13H2,1H3. The van der Waals surface area contributed by atoms with E-state index in [4.69, 9.17) is 18.6 Å². The lowest BCUT2D eigenvalue weighted by atomic mass is 10.2. The second-order valence-corrected chi connectivity index (χ2v) is 8.47. The SMILES string of the molecule is COCCCNc1oc(-c2ccccc2)nc1S(=O)(=O)c1ccc2c(c1)OCCO2. The van der Waals surface area contributed by atoms with Crippen molar-refractivity contribution in [2.24, 2.45) is 0 Å². The number of methoxy groups -OCH3 is 1. The number of oxazole rings is 1. The average Bonchev–Trinajstić information content (AvgIpc) is 3.22. The van der Waals surface area contributed by atoms with Gasteiger partial charge >= 0.3 is 0 Å². The molecule has 8 nitrogen and oxygen atoms in total. The summed E-state index contributed by atoms with van der Waals surface area (Å²) in [5.74, 6) is 1.23. The van der Waals surface area contributed by atoms with Crippen molar-refractivity contribution in [3.8, 4) is 23.0 Å². The van der Waals surface area contributed by atoms with Crippen molar-refractivity contribution in [2.75, 3.05) is 38.8 Å². The van der Waals surface area contributed by atoms with Crippen LogP contribution in [0.25, 0.3) is 11.5 Å². The van der Waals surface area contributed by atoms with Gasteiger partial charge < -0.3 is 23.9 Å². The van der Waals surface area contributed by atoms with Gasteiger partial charge in [-0.05, 0) is 30.7 Å². The molecule has 0 saturated heterocycles. The highest BCUT2D eigenvalue weighted by atomic mass is 32.2. The second kappa shape index (κ2) is 8.76. The van der Waals surface area contributed by atoms with Crippen LogP contribution in [0.3, 0.4) is 0 Å². The Morgan fingerprint density at radius 1 is 1.07 bits per heavy atom. The molecule has 0 fully saturated rings. The molecule has 1 aromatic heterocycles. The Balaban J connectivity index is 1.72. The van der Waals surface area contributed by atoms with Crippen LogP contribution >= 0.6 is 0 Å². The van der Waals surface area contributed by atoms with Gasteiger partial charge in [-0.2, -0.15) is 4.98 Å². The van der Waals surface area contributed by atoms with Gasteiger partial charge in [-0.25, -0.2) is 8.42 Å². The first-order valence-electron chi connectivity index (χ1n) is 9.53. The van der Waals surface area contributed by atoms with Gasteiger partial charge in [0.15, 0.2) is 11.5 Å². The number of ether oxygens (including phenoxy) is 3. The van der Waals surface area contributed by atoms with E-state index in [1.807, 2.05) is 18.2 Å². The summed E-state index contributed by atoms with van der Waals surface area (Å²) in [7, 11) is -2.36. The largest absolute Gasteiger partial charge is 0.486 e. The number of benzene rings is 2. The molecule has 0 aliphatic carbocycles. The zero-order valence-corrected chi connectivity index (χ0v) is 17.3. The topological polar surface area (TPSA) is 99.9 Å². The van der Waals surface area contributed by atoms with Crippen molar-refractivity contribution in [1.82, 2.24) is 4.98 Å². The van der Waals surface area contributed by atoms with Crippen LogP contribution in [0, 0.1) is 0 Å². The van der Waals surface area contributed by atoms with Crippen LogP contribution in [0.1, 0.15) is 6.42 Å². The molecule has 1 aliphatic rings. The molecule has 4 rings (SSSR count). The third kappa shape index (κ3) is 4.12. The molecule has 0 unspecified atom stereocenters. The maximum absolute atomic E-state index is 13.4. The first kappa shape index (κ1) is 20.2. The summed E-state index contributed by atoms with van der Waals surface area (Å²) >= 11 is 0. The van der Waals surface area contributed by atoms with E-state index in [1.165, 1.54) is 12.1 Å². The third-order valence-electron chi connectivity index (χ3n) is 4.51. The van der Waals surface area contributed by atoms with Crippen molar-refractivity contribution in [1.29, 1.82) is 0 Å². The molecule has 3 aromatic rings. The number of aromatic nitrogens is 1. The highest BCUT2D eigenvalue weighted by molar-refractivity contribution is 7.91. The lowest BCUT2D eigenvalue weighted by molar-refractivity contribution is 0.171. The number of sulfone groups is 1. The highest BCUT2D eigenvalue weighted by Gasteiger charge is 2.30. The summed E-state index contributed by atoms with van der Waals surface area (Å²) in [6.45, 7) is 1.81. The zero-order chi connectivity index (χ0) is 21.0. The quantitative estimate of drug-likeness (QED) is 0.543. The van der Waals surface area contributed by atoms with Crippen LogP contribution < -0.4 is 14.8 Å². The van der Waals surface area contributed by atoms with E-state index in [2.05, 4.69) is 10.3 Å². The fourth-order valence-electron chi connectivity index (χ4n) is 3.03. The van der Waals surface area contributed by atoms with Gasteiger partial charge in [0, 0.05) is 31.9 Å². The van der Waals surface area contributed by atoms with Crippen LogP contribution in [-0.4, -0.2) is 46.9 Å². The van der Waals surface area contributed by atoms with Gasteiger partial charge in [0.05, 0.1) is 4.90 Å². The van der Waals surface area contributed by atoms with Gasteiger partial charge in [-0.1, -0.05) is 18.2 Å². The van der Waals surface area contributed by atoms with Gasteiger partial charge in [0.2, 0.25) is 26.6 Å². The molecule has 0 atom stereocenters. The van der Waals surface area contributed by atoms with Crippen LogP contribution in [0.5, 0.6) is 11.5 Å². The Morgan fingerprint density at radius 2 is 1.83 bits per heavy atom. The minimum Gasteiger partial charge on any atom is -0.486 e. The van der Waals surface area contributed by atoms with E-state index in [9.17, 15) is 8.42 Å². The molecule has 158 valence electrons. The number of fused-ring (bicyclic) bond motifs is 1. The Bertz CT molecular complexity index is 1110. The molecule has 0 bridgehead atoms. The minimum absolute atomic E-state index is 0.0552. The lowest BCUT2D eigenvalue weighted by Crippen LogP contribution is -2.16. The Hall–Kier alpha value is -3.04. The van der Waals surface area contributed by atoms with Crippen molar-refractivity contribution >= 4 is 15.7 Å². The number of nitrogens with zero attached hydrogens (tertiary/aromatic N) is 1. The number of anilines is 1. The molecule has 2 aromatic carbocycles. The summed E-state index contributed by atoms with van der Waals surface area (Å²) in [4.78, 5) is 4.37. The summed E-state index contributed by atoms with van der Waals surface area (Å²) in [6.07, 6.45) is 0.682. The van der Waals surface area contributed by atoms with Crippen LogP contribution in [0.4, 0.5) is 5.88 Å². The molecule has 0 radical (unpaired) electrons. The zero-order valence-electron chi connectivity index (χ0n) is 16.5. The Labute approximate surface area is 174 Å². The fourth-order valence-corrected chi connectivity index (χ4v) is 4.32. The van der Waals surface area contributed by atoms with E-state index < -0.39 is 9.84 Å². The predicted molar refractivity (Wildman–Crippen MR) is 110 cm³/mol. The number of rotatable bonds is 8. The first-order chi connectivity index (χ1) is 14.6. The Kier molecular flexibility index (Phi) is 5.91. The molecular formula is C21H22N2O6S. The summed E-state index contributed by atoms with van der Waals surface area (Å²) < 4.78 is 48.6. The van der Waals surface area contributed by atoms with E-state index in [1.54, 1.807) is 25.3 Å². The van der Waals surface area contributed by atoms with Gasteiger partial charge in [-0.3, -0.25) is 0 Å². The summed E-state index contributed by atoms with van der Waals surface area (Å²) in [5.41, 5.74) is 0.682. The second-order valence-electron chi connectivity index (χ2n) is 6.60. The maximum atomic E-state index is 13.4. The van der Waals surface area contributed by atoms with Gasteiger partial charge in [0.1, 0.15) is 13.2 Å². The fraction of sp³-hybridized carbons (Fsp3) is 0.286. The normalized spacial score (nSPS) is 13.2. The molecule has 0 amide bonds. The molecule has 1 aliphatic heterocycles. The smallest absolute Gasteiger partial charge is 0.233 e. The molecule has 1 N–H and O–H groups in total. The monoisotopic (exact) mass is 430 g/mol. The first-order valence-corrected chi connectivity index (χ1v) is 11.0. The molecule has 9 heteroatoms. The van der Waals surface area contributed by atoms with Crippen LogP contribution in [-0.2, 0) is 14.6 Å². The molecule has 0 saturated carbocycles. The molecule has 30 heavy (non-hydrogen) atoms. The lowest BCUT2D eigenvalue weighted by Gasteiger charge is -2.18. The van der Waals surface area contributed by atoms with E-state index >= 15 is 0 Å². The third-order valence-corrected chi connectivity index (χ3v) is 6.17. The number of hydrogen-bond donors (Lipinski definition) is 1. The predicted octanol–water partition coefficient (Wildman–Crippen LogP) is 3.39. The Morgan fingerprint density at radius 3 is 2.60 bits per heavy atom. The summed E-state index contributed by atoms with van der Waals surface area (Å²) in [5, 5.41) is 2.86. The van der Waals surface area contributed by atoms with Crippen LogP contribution in [0.2, 0.25) is 0 Å². The van der Waals surface area contributed by atoms with Gasteiger partial charge in [-0.15, -0.1) is 0 Å². The minimum atomic E-state index is -3.97. The van der Waals surface area contributed by atoms with E-state index in [-0.39, 0.29) is 21.7 Å². The summed E-state index contributed by atoms with van der Waals surface area (Å²) in [6, 6.07) is 13.7. The van der Waals surface area contributed by atoms with Crippen molar-refractivity contribution in [3.63, 3.8) is 0 Å². The molecule has 0 spiro atoms. The van der Waals surface area contributed by atoms with Crippen molar-refractivity contribution < 1.29 is 27.0 Å². The van der Waals surface area contributed by atoms with Crippen molar-refractivity contribution in [3.05, 3.63) is 48.5 Å². The average molecular weight is 430 g/mol. The van der Waals surface area contributed by atoms with Gasteiger partial charge in [0.25, 0.3) is 0 Å². The van der Waals surface area contributed by atoms with E-state index in [0.29, 0.717) is 49.8 Å². The van der Waals surface area contributed by atoms with E-state index in [0.717, 1.165) is 0 Å². The molecular weight excluding hydrogens is 408 g/mol. The highest BCUT2D eigenvalue weighted by Crippen LogP contribution is 2.37. The number of nitrogens with one attached hydrogen (secondary N) is 1. The molecule has 2 heterocycles. The van der Waals surface area contributed by atoms with Crippen molar-refractivity contribution in [2.45, 2.75) is 16.3 Å². The maximum Gasteiger partial charge on any atom is 0.233 e. The number of hydrogen-bond acceptors (Lipinski definition) is 8.